The second kappa shape index (κ2) is 6.77. The number of likely N-dealkylation sites (tertiary alicyclic amines) is 1. The molecule has 1 aliphatic rings. The summed E-state index contributed by atoms with van der Waals surface area (Å²) in [6.07, 6.45) is 1.50. The van der Waals surface area contributed by atoms with Crippen LogP contribution in [0, 0.1) is 11.3 Å². The van der Waals surface area contributed by atoms with Crippen molar-refractivity contribution in [3.8, 4) is 6.07 Å². The Morgan fingerprint density at radius 1 is 1.33 bits per heavy atom. The third-order valence-electron chi connectivity index (χ3n) is 3.71. The number of hydrogen-bond acceptors (Lipinski definition) is 6. The quantitative estimate of drug-likeness (QED) is 0.809. The van der Waals surface area contributed by atoms with Gasteiger partial charge in [0.05, 0.1) is 10.1 Å². The third-order valence-corrected chi connectivity index (χ3v) is 5.96. The molecule has 0 aromatic carbocycles. The zero-order valence-corrected chi connectivity index (χ0v) is 14.8. The highest BCUT2D eigenvalue weighted by Crippen LogP contribution is 2.25. The minimum atomic E-state index is -3.52. The molecule has 0 N–H and O–H groups in total. The molecule has 1 fully saturated rings. The van der Waals surface area contributed by atoms with Crippen LogP contribution in [0.3, 0.4) is 0 Å². The van der Waals surface area contributed by atoms with E-state index >= 15 is 0 Å². The van der Waals surface area contributed by atoms with E-state index in [1.54, 1.807) is 20.8 Å². The van der Waals surface area contributed by atoms with E-state index in [9.17, 15) is 13.2 Å². The van der Waals surface area contributed by atoms with E-state index in [0.29, 0.717) is 25.9 Å². The van der Waals surface area contributed by atoms with E-state index in [-0.39, 0.29) is 10.6 Å². The molecule has 7 nitrogen and oxygen atoms in total. The van der Waals surface area contributed by atoms with Gasteiger partial charge in [-0.2, -0.15) is 5.26 Å². The minimum Gasteiger partial charge on any atom is -0.444 e. The first-order chi connectivity index (χ1) is 11.1. The predicted octanol–water partition coefficient (Wildman–Crippen LogP) is 2.13. The number of hydrogen-bond donors (Lipinski definition) is 0. The van der Waals surface area contributed by atoms with Gasteiger partial charge in [-0.15, -0.1) is 0 Å². The monoisotopic (exact) mass is 351 g/mol. The van der Waals surface area contributed by atoms with E-state index in [4.69, 9.17) is 10.00 Å². The van der Waals surface area contributed by atoms with Crippen LogP contribution in [0.15, 0.2) is 23.2 Å². The van der Waals surface area contributed by atoms with Crippen LogP contribution in [-0.4, -0.2) is 48.3 Å². The number of carbonyl (C=O) groups is 1. The summed E-state index contributed by atoms with van der Waals surface area (Å²) in [6.45, 7) is 6.05. The van der Waals surface area contributed by atoms with Gasteiger partial charge in [0, 0.05) is 19.3 Å². The summed E-state index contributed by atoms with van der Waals surface area (Å²) in [5.74, 6) is 0. The van der Waals surface area contributed by atoms with Crippen molar-refractivity contribution in [1.82, 2.24) is 9.88 Å². The molecule has 0 aliphatic carbocycles. The van der Waals surface area contributed by atoms with E-state index < -0.39 is 26.8 Å². The van der Waals surface area contributed by atoms with Crippen molar-refractivity contribution in [1.29, 1.82) is 5.26 Å². The summed E-state index contributed by atoms with van der Waals surface area (Å²) < 4.78 is 30.6. The van der Waals surface area contributed by atoms with Crippen molar-refractivity contribution in [2.24, 2.45) is 0 Å². The van der Waals surface area contributed by atoms with Crippen LogP contribution in [0.2, 0.25) is 0 Å². The van der Waals surface area contributed by atoms with Crippen molar-refractivity contribution >= 4 is 15.9 Å². The summed E-state index contributed by atoms with van der Waals surface area (Å²) in [7, 11) is -3.52. The van der Waals surface area contributed by atoms with Gasteiger partial charge in [-0.25, -0.2) is 18.2 Å². The fraction of sp³-hybridized carbons (Fsp3) is 0.562. The second-order valence-corrected chi connectivity index (χ2v) is 8.93. The number of rotatable bonds is 2. The van der Waals surface area contributed by atoms with Gasteiger partial charge < -0.3 is 9.64 Å². The molecule has 2 rings (SSSR count). The Morgan fingerprint density at radius 2 is 1.96 bits per heavy atom. The molecule has 0 spiro atoms. The molecule has 8 heteroatoms. The predicted molar refractivity (Wildman–Crippen MR) is 87.0 cm³/mol. The summed E-state index contributed by atoms with van der Waals surface area (Å²) in [5.41, 5.74) is -0.401. The lowest BCUT2D eigenvalue weighted by Gasteiger charge is -2.33. The largest absolute Gasteiger partial charge is 0.444 e. The average Bonchev–Trinajstić information content (AvgIpc) is 2.53. The summed E-state index contributed by atoms with van der Waals surface area (Å²) >= 11 is 0. The standard InChI is InChI=1S/C16H21N3O4S/c1-16(2,3)23-15(20)19-8-6-13(7-9-19)24(21,22)14-5-4-12(10-17)18-11-14/h4-5,11,13H,6-9H2,1-3H3. The fourth-order valence-corrected chi connectivity index (χ4v) is 4.16. The number of sulfone groups is 1. The number of aromatic nitrogens is 1. The SMILES string of the molecule is CC(C)(C)OC(=O)N1CCC(S(=O)(=O)c2ccc(C#N)nc2)CC1. The number of piperidine rings is 1. The van der Waals surface area contributed by atoms with Crippen molar-refractivity contribution in [3.63, 3.8) is 0 Å². The molecule has 1 saturated heterocycles. The van der Waals surface area contributed by atoms with Crippen LogP contribution in [0.1, 0.15) is 39.3 Å². The Labute approximate surface area is 142 Å². The first kappa shape index (κ1) is 18.2. The highest BCUT2D eigenvalue weighted by molar-refractivity contribution is 7.92. The van der Waals surface area contributed by atoms with Crippen LogP contribution in [-0.2, 0) is 14.6 Å². The lowest BCUT2D eigenvalue weighted by atomic mass is 10.1. The first-order valence-corrected chi connectivity index (χ1v) is 9.26. The molecule has 0 bridgehead atoms. The Balaban J connectivity index is 2.03. The van der Waals surface area contributed by atoms with Crippen molar-refractivity contribution in [2.75, 3.05) is 13.1 Å². The highest BCUT2D eigenvalue weighted by atomic mass is 32.2. The molecule has 1 aromatic rings. The van der Waals surface area contributed by atoms with Crippen LogP contribution >= 0.6 is 0 Å². The maximum atomic E-state index is 12.6. The Kier molecular flexibility index (Phi) is 5.13. The highest BCUT2D eigenvalue weighted by Gasteiger charge is 2.34. The van der Waals surface area contributed by atoms with Crippen molar-refractivity contribution < 1.29 is 17.9 Å². The number of ether oxygens (including phenoxy) is 1. The summed E-state index contributed by atoms with van der Waals surface area (Å²) in [5, 5.41) is 8.17. The topological polar surface area (TPSA) is 100 Å². The van der Waals surface area contributed by atoms with Crippen molar-refractivity contribution in [2.45, 2.75) is 49.4 Å². The molecule has 24 heavy (non-hydrogen) atoms. The fourth-order valence-electron chi connectivity index (χ4n) is 2.48. The Hall–Kier alpha value is -2.14. The maximum Gasteiger partial charge on any atom is 0.410 e. The summed E-state index contributed by atoms with van der Waals surface area (Å²) in [4.78, 5) is 17.5. The van der Waals surface area contributed by atoms with Gasteiger partial charge >= 0.3 is 6.09 Å². The molecule has 0 atom stereocenters. The van der Waals surface area contributed by atoms with E-state index in [2.05, 4.69) is 4.98 Å². The Bertz CT molecular complexity index is 737. The molecule has 0 unspecified atom stereocenters. The molecule has 0 saturated carbocycles. The molecule has 2 heterocycles. The maximum absolute atomic E-state index is 12.6. The molecule has 1 amide bonds. The van der Waals surface area contributed by atoms with Crippen LogP contribution in [0.25, 0.3) is 0 Å². The smallest absolute Gasteiger partial charge is 0.410 e. The van der Waals surface area contributed by atoms with Gasteiger partial charge in [-0.1, -0.05) is 0 Å². The van der Waals surface area contributed by atoms with Crippen molar-refractivity contribution in [3.05, 3.63) is 24.0 Å². The average molecular weight is 351 g/mol. The third kappa shape index (κ3) is 4.23. The van der Waals surface area contributed by atoms with Gasteiger partial charge in [0.15, 0.2) is 9.84 Å². The number of pyridine rings is 1. The second-order valence-electron chi connectivity index (χ2n) is 6.70. The number of nitrogens with zero attached hydrogens (tertiary/aromatic N) is 3. The van der Waals surface area contributed by atoms with Gasteiger partial charge in [0.1, 0.15) is 17.4 Å². The number of nitriles is 1. The number of carbonyl (C=O) groups excluding carboxylic acids is 1. The van der Waals surface area contributed by atoms with E-state index in [0.717, 1.165) is 0 Å². The molecule has 1 aliphatic heterocycles. The van der Waals surface area contributed by atoms with E-state index in [1.807, 2.05) is 6.07 Å². The lowest BCUT2D eigenvalue weighted by Crippen LogP contribution is -2.44. The van der Waals surface area contributed by atoms with Gasteiger partial charge in [-0.3, -0.25) is 0 Å². The van der Waals surface area contributed by atoms with Crippen LogP contribution in [0.4, 0.5) is 4.79 Å². The first-order valence-electron chi connectivity index (χ1n) is 7.71. The molecular formula is C16H21N3O4S. The zero-order valence-electron chi connectivity index (χ0n) is 14.0. The van der Waals surface area contributed by atoms with Gasteiger partial charge in [-0.05, 0) is 45.7 Å². The van der Waals surface area contributed by atoms with Crippen LogP contribution < -0.4 is 0 Å². The zero-order chi connectivity index (χ0) is 18.0. The van der Waals surface area contributed by atoms with E-state index in [1.165, 1.54) is 23.2 Å². The van der Waals surface area contributed by atoms with Gasteiger partial charge in [0.25, 0.3) is 0 Å². The molecule has 130 valence electrons. The lowest BCUT2D eigenvalue weighted by molar-refractivity contribution is 0.0217. The van der Waals surface area contributed by atoms with Gasteiger partial charge in [0.2, 0.25) is 0 Å². The van der Waals surface area contributed by atoms with Crippen LogP contribution in [0.5, 0.6) is 0 Å². The molecule has 0 radical (unpaired) electrons. The summed E-state index contributed by atoms with van der Waals surface area (Å²) in [6, 6.07) is 4.65. The minimum absolute atomic E-state index is 0.109. The molecule has 1 aromatic heterocycles. The normalized spacial score (nSPS) is 16.5. The molecular weight excluding hydrogens is 330 g/mol. The number of amides is 1. The Morgan fingerprint density at radius 3 is 2.42 bits per heavy atom.